The summed E-state index contributed by atoms with van der Waals surface area (Å²) in [4.78, 5) is 10.9. The predicted molar refractivity (Wildman–Crippen MR) is 55.3 cm³/mol. The first-order valence-corrected chi connectivity index (χ1v) is 4.67. The molecule has 0 amide bonds. The van der Waals surface area contributed by atoms with Gasteiger partial charge in [-0.05, 0) is 25.0 Å². The number of carboxylic acids is 1. The van der Waals surface area contributed by atoms with Crippen molar-refractivity contribution < 1.29 is 14.3 Å². The van der Waals surface area contributed by atoms with Crippen LogP contribution in [0.3, 0.4) is 0 Å². The number of rotatable bonds is 3. The molecule has 3 nitrogen and oxygen atoms in total. The topological polar surface area (TPSA) is 63.3 Å². The van der Waals surface area contributed by atoms with Gasteiger partial charge in [0.2, 0.25) is 0 Å². The zero-order valence-corrected chi connectivity index (χ0v) is 8.75. The lowest BCUT2D eigenvalue weighted by atomic mass is 9.92. The van der Waals surface area contributed by atoms with E-state index >= 15 is 0 Å². The fourth-order valence-electron chi connectivity index (χ4n) is 1.57. The summed E-state index contributed by atoms with van der Waals surface area (Å²) in [6, 6.07) is 3.34. The third-order valence-electron chi connectivity index (χ3n) is 2.47. The quantitative estimate of drug-likeness (QED) is 0.797. The largest absolute Gasteiger partial charge is 0.481 e. The van der Waals surface area contributed by atoms with E-state index in [9.17, 15) is 9.18 Å². The molecule has 0 aromatic heterocycles. The molecule has 0 aliphatic carbocycles. The molecule has 1 rings (SSSR count). The number of carbonyl (C=O) groups is 1. The Morgan fingerprint density at radius 3 is 2.47 bits per heavy atom. The second-order valence-electron chi connectivity index (χ2n) is 3.55. The molecule has 3 N–H and O–H groups in total. The van der Waals surface area contributed by atoms with Crippen molar-refractivity contribution in [1.82, 2.24) is 0 Å². The van der Waals surface area contributed by atoms with Gasteiger partial charge in [0, 0.05) is 12.1 Å². The first-order chi connectivity index (χ1) is 6.99. The van der Waals surface area contributed by atoms with E-state index in [4.69, 9.17) is 10.8 Å². The van der Waals surface area contributed by atoms with Gasteiger partial charge in [-0.1, -0.05) is 12.1 Å². The number of aliphatic carboxylic acids is 1. The van der Waals surface area contributed by atoms with E-state index in [1.54, 1.807) is 26.0 Å². The molecule has 0 heterocycles. The second kappa shape index (κ2) is 4.40. The molecule has 0 aliphatic rings. The highest BCUT2D eigenvalue weighted by molar-refractivity contribution is 5.77. The highest BCUT2D eigenvalue weighted by Gasteiger charge is 2.24. The minimum atomic E-state index is -1.09. The van der Waals surface area contributed by atoms with Gasteiger partial charge in [0.15, 0.2) is 0 Å². The number of benzene rings is 1. The van der Waals surface area contributed by atoms with Gasteiger partial charge in [-0.3, -0.25) is 4.79 Å². The Morgan fingerprint density at radius 2 is 2.00 bits per heavy atom. The SMILES string of the molecule is Cc1ccc(C)c(C(CN)C(=O)O)c1F. The van der Waals surface area contributed by atoms with Crippen molar-refractivity contribution >= 4 is 5.97 Å². The van der Waals surface area contributed by atoms with E-state index in [1.807, 2.05) is 0 Å². The first-order valence-electron chi connectivity index (χ1n) is 4.67. The Kier molecular flexibility index (Phi) is 3.42. The number of nitrogens with two attached hydrogens (primary N) is 1. The average molecular weight is 211 g/mol. The van der Waals surface area contributed by atoms with Crippen LogP contribution in [0.1, 0.15) is 22.6 Å². The number of aryl methyl sites for hydroxylation is 2. The van der Waals surface area contributed by atoms with Crippen LogP contribution < -0.4 is 5.73 Å². The standard InChI is InChI=1S/C11H14FNO2/c1-6-3-4-7(2)10(12)9(6)8(5-13)11(14)15/h3-4,8H,5,13H2,1-2H3,(H,14,15). The highest BCUT2D eigenvalue weighted by Crippen LogP contribution is 2.25. The summed E-state index contributed by atoms with van der Waals surface area (Å²) in [5.41, 5.74) is 6.61. The molecule has 0 saturated carbocycles. The summed E-state index contributed by atoms with van der Waals surface area (Å²) in [6.07, 6.45) is 0. The molecular weight excluding hydrogens is 197 g/mol. The zero-order chi connectivity index (χ0) is 11.6. The Morgan fingerprint density at radius 1 is 1.47 bits per heavy atom. The van der Waals surface area contributed by atoms with Crippen LogP contribution in [0.15, 0.2) is 12.1 Å². The van der Waals surface area contributed by atoms with Gasteiger partial charge in [-0.25, -0.2) is 4.39 Å². The van der Waals surface area contributed by atoms with Crippen LogP contribution in [-0.2, 0) is 4.79 Å². The van der Waals surface area contributed by atoms with E-state index in [0.717, 1.165) is 0 Å². The molecule has 1 atom stereocenters. The lowest BCUT2D eigenvalue weighted by Crippen LogP contribution is -2.23. The van der Waals surface area contributed by atoms with Crippen LogP contribution in [0.2, 0.25) is 0 Å². The lowest BCUT2D eigenvalue weighted by Gasteiger charge is -2.15. The molecule has 0 saturated heterocycles. The molecule has 1 aromatic carbocycles. The van der Waals surface area contributed by atoms with E-state index < -0.39 is 17.7 Å². The van der Waals surface area contributed by atoms with Crippen molar-refractivity contribution in [2.45, 2.75) is 19.8 Å². The van der Waals surface area contributed by atoms with Crippen LogP contribution in [0.4, 0.5) is 4.39 Å². The molecule has 0 spiro atoms. The molecule has 0 fully saturated rings. The maximum atomic E-state index is 13.7. The molecule has 0 bridgehead atoms. The van der Waals surface area contributed by atoms with Gasteiger partial charge in [0.05, 0.1) is 5.92 Å². The molecule has 1 aromatic rings. The van der Waals surface area contributed by atoms with Crippen molar-refractivity contribution in [3.8, 4) is 0 Å². The molecule has 0 radical (unpaired) electrons. The highest BCUT2D eigenvalue weighted by atomic mass is 19.1. The van der Waals surface area contributed by atoms with Gasteiger partial charge in [0.1, 0.15) is 5.82 Å². The number of hydrogen-bond donors (Lipinski definition) is 2. The number of hydrogen-bond acceptors (Lipinski definition) is 2. The van der Waals surface area contributed by atoms with Crippen molar-refractivity contribution in [3.05, 3.63) is 34.6 Å². The molecule has 15 heavy (non-hydrogen) atoms. The summed E-state index contributed by atoms with van der Waals surface area (Å²) < 4.78 is 13.7. The third-order valence-corrected chi connectivity index (χ3v) is 2.47. The van der Waals surface area contributed by atoms with Crippen molar-refractivity contribution in [3.63, 3.8) is 0 Å². The fourth-order valence-corrected chi connectivity index (χ4v) is 1.57. The predicted octanol–water partition coefficient (Wildman–Crippen LogP) is 1.57. The normalized spacial score (nSPS) is 12.5. The van der Waals surface area contributed by atoms with Gasteiger partial charge < -0.3 is 10.8 Å². The van der Waals surface area contributed by atoms with Crippen LogP contribution in [-0.4, -0.2) is 17.6 Å². The van der Waals surface area contributed by atoms with Crippen molar-refractivity contribution in [2.75, 3.05) is 6.54 Å². The van der Waals surface area contributed by atoms with E-state index in [-0.39, 0.29) is 12.1 Å². The summed E-state index contributed by atoms with van der Waals surface area (Å²) in [5.74, 6) is -2.53. The van der Waals surface area contributed by atoms with Gasteiger partial charge in [0.25, 0.3) is 0 Å². The lowest BCUT2D eigenvalue weighted by molar-refractivity contribution is -0.138. The number of carboxylic acid groups (broad SMARTS) is 1. The van der Waals surface area contributed by atoms with Crippen LogP contribution in [0, 0.1) is 19.7 Å². The Labute approximate surface area is 87.7 Å². The van der Waals surface area contributed by atoms with E-state index in [0.29, 0.717) is 11.1 Å². The summed E-state index contributed by atoms with van der Waals surface area (Å²) in [5, 5.41) is 8.92. The van der Waals surface area contributed by atoms with Gasteiger partial charge >= 0.3 is 5.97 Å². The second-order valence-corrected chi connectivity index (χ2v) is 3.55. The monoisotopic (exact) mass is 211 g/mol. The summed E-state index contributed by atoms with van der Waals surface area (Å²) in [6.45, 7) is 3.19. The Bertz CT molecular complexity index is 390. The third kappa shape index (κ3) is 2.15. The minimum Gasteiger partial charge on any atom is -0.481 e. The zero-order valence-electron chi connectivity index (χ0n) is 8.75. The molecular formula is C11H14FNO2. The Hall–Kier alpha value is -1.42. The van der Waals surface area contributed by atoms with Crippen molar-refractivity contribution in [2.24, 2.45) is 5.73 Å². The van der Waals surface area contributed by atoms with Crippen molar-refractivity contribution in [1.29, 1.82) is 0 Å². The van der Waals surface area contributed by atoms with Crippen LogP contribution >= 0.6 is 0 Å². The van der Waals surface area contributed by atoms with E-state index in [1.165, 1.54) is 0 Å². The maximum absolute atomic E-state index is 13.7. The van der Waals surface area contributed by atoms with Crippen LogP contribution in [0.5, 0.6) is 0 Å². The fraction of sp³-hybridized carbons (Fsp3) is 0.364. The average Bonchev–Trinajstić information content (AvgIpc) is 2.18. The summed E-state index contributed by atoms with van der Waals surface area (Å²) in [7, 11) is 0. The summed E-state index contributed by atoms with van der Waals surface area (Å²) >= 11 is 0. The number of halogens is 1. The minimum absolute atomic E-state index is 0.101. The molecule has 82 valence electrons. The molecule has 4 heteroatoms. The van der Waals surface area contributed by atoms with Gasteiger partial charge in [-0.15, -0.1) is 0 Å². The molecule has 0 aliphatic heterocycles. The van der Waals surface area contributed by atoms with E-state index in [2.05, 4.69) is 0 Å². The molecule has 1 unspecified atom stereocenters. The van der Waals surface area contributed by atoms with Gasteiger partial charge in [-0.2, -0.15) is 0 Å². The first kappa shape index (κ1) is 11.7. The van der Waals surface area contributed by atoms with Crippen LogP contribution in [0.25, 0.3) is 0 Å². The smallest absolute Gasteiger partial charge is 0.312 e. The Balaban J connectivity index is 3.34. The maximum Gasteiger partial charge on any atom is 0.312 e.